The van der Waals surface area contributed by atoms with Crippen LogP contribution in [-0.2, 0) is 0 Å². The van der Waals surface area contributed by atoms with Crippen LogP contribution in [0.1, 0.15) is 23.3 Å². The Balaban J connectivity index is 1.25. The number of hydrogen-bond acceptors (Lipinski definition) is 6. The lowest BCUT2D eigenvalue weighted by Crippen LogP contribution is -2.17. The third-order valence-electron chi connectivity index (χ3n) is 6.33. The molecule has 1 aliphatic heterocycles. The molecule has 2 N–H and O–H groups in total. The van der Waals surface area contributed by atoms with Crippen LogP contribution in [0.5, 0.6) is 0 Å². The van der Waals surface area contributed by atoms with Gasteiger partial charge in [-0.15, -0.1) is 0 Å². The van der Waals surface area contributed by atoms with Gasteiger partial charge in [0.15, 0.2) is 5.69 Å². The molecule has 5 heterocycles. The standard InChI is InChI=1S/C27H22FN7O/c28-20-9-19(13-29-14-20)24-6-4-21(15-31-24)32-27(36)26-23-11-17(3-5-25(23)33-34-26)18-10-22(16-30-12-18)35-7-1-2-8-35/h3-6,9-16H,1-2,7-8H2,(H,32,36)(H,33,34). The minimum atomic E-state index is -0.435. The van der Waals surface area contributed by atoms with Gasteiger partial charge in [-0.25, -0.2) is 4.39 Å². The van der Waals surface area contributed by atoms with Crippen molar-refractivity contribution in [1.29, 1.82) is 0 Å². The fourth-order valence-electron chi connectivity index (χ4n) is 4.48. The SMILES string of the molecule is O=C(Nc1ccc(-c2cncc(F)c2)nc1)c1n[nH]c2ccc(-c3cncc(N4CCCC4)c3)cc12. The maximum Gasteiger partial charge on any atom is 0.276 e. The largest absolute Gasteiger partial charge is 0.370 e. The summed E-state index contributed by atoms with van der Waals surface area (Å²) >= 11 is 0. The lowest BCUT2D eigenvalue weighted by Gasteiger charge is -2.17. The van der Waals surface area contributed by atoms with Crippen molar-refractivity contribution >= 4 is 28.2 Å². The monoisotopic (exact) mass is 479 g/mol. The predicted molar refractivity (Wildman–Crippen MR) is 136 cm³/mol. The van der Waals surface area contributed by atoms with Gasteiger partial charge in [0.05, 0.1) is 41.2 Å². The average molecular weight is 480 g/mol. The summed E-state index contributed by atoms with van der Waals surface area (Å²) in [4.78, 5) is 28.0. The zero-order valence-electron chi connectivity index (χ0n) is 19.3. The molecule has 8 nitrogen and oxygen atoms in total. The van der Waals surface area contributed by atoms with E-state index in [0.29, 0.717) is 22.3 Å². The Kier molecular flexibility index (Phi) is 5.57. The highest BCUT2D eigenvalue weighted by Gasteiger charge is 2.17. The molecule has 5 aromatic rings. The molecule has 0 aliphatic carbocycles. The second-order valence-electron chi connectivity index (χ2n) is 8.74. The number of carbonyl (C=O) groups is 1. The van der Waals surface area contributed by atoms with Gasteiger partial charge < -0.3 is 10.2 Å². The highest BCUT2D eigenvalue weighted by Crippen LogP contribution is 2.29. The van der Waals surface area contributed by atoms with E-state index in [0.717, 1.165) is 41.6 Å². The van der Waals surface area contributed by atoms with Crippen molar-refractivity contribution in [1.82, 2.24) is 25.1 Å². The molecule has 0 atom stereocenters. The summed E-state index contributed by atoms with van der Waals surface area (Å²) in [5.41, 5.74) is 5.72. The molecule has 0 bridgehead atoms. The van der Waals surface area contributed by atoms with E-state index >= 15 is 0 Å². The molecule has 1 fully saturated rings. The van der Waals surface area contributed by atoms with Gasteiger partial charge in [-0.1, -0.05) is 6.07 Å². The van der Waals surface area contributed by atoms with Crippen molar-refractivity contribution < 1.29 is 9.18 Å². The fourth-order valence-corrected chi connectivity index (χ4v) is 4.48. The van der Waals surface area contributed by atoms with Crippen molar-refractivity contribution in [3.05, 3.63) is 85.0 Å². The second-order valence-corrected chi connectivity index (χ2v) is 8.74. The summed E-state index contributed by atoms with van der Waals surface area (Å²) in [6.45, 7) is 2.09. The number of amides is 1. The minimum Gasteiger partial charge on any atom is -0.370 e. The Labute approximate surface area is 206 Å². The lowest BCUT2D eigenvalue weighted by molar-refractivity contribution is 0.102. The average Bonchev–Trinajstić information content (AvgIpc) is 3.59. The molecule has 6 rings (SSSR count). The molecule has 178 valence electrons. The molecule has 9 heteroatoms. The first-order valence-electron chi connectivity index (χ1n) is 11.7. The van der Waals surface area contributed by atoms with Crippen LogP contribution >= 0.6 is 0 Å². The van der Waals surface area contributed by atoms with Crippen molar-refractivity contribution in [3.8, 4) is 22.4 Å². The minimum absolute atomic E-state index is 0.286. The molecule has 1 saturated heterocycles. The van der Waals surface area contributed by atoms with Crippen molar-refractivity contribution in [2.45, 2.75) is 12.8 Å². The Hall–Kier alpha value is -4.66. The quantitative estimate of drug-likeness (QED) is 0.365. The predicted octanol–water partition coefficient (Wildman–Crippen LogP) is 5.07. The molecule has 1 aromatic carbocycles. The lowest BCUT2D eigenvalue weighted by atomic mass is 10.0. The Bertz CT molecular complexity index is 1560. The van der Waals surface area contributed by atoms with Crippen molar-refractivity contribution in [3.63, 3.8) is 0 Å². The van der Waals surface area contributed by atoms with E-state index < -0.39 is 5.82 Å². The second kappa shape index (κ2) is 9.18. The number of benzene rings is 1. The highest BCUT2D eigenvalue weighted by molar-refractivity contribution is 6.11. The smallest absolute Gasteiger partial charge is 0.276 e. The topological polar surface area (TPSA) is 99.7 Å². The fraction of sp³-hybridized carbons (Fsp3) is 0.148. The number of hydrogen-bond donors (Lipinski definition) is 2. The third-order valence-corrected chi connectivity index (χ3v) is 6.33. The van der Waals surface area contributed by atoms with Gasteiger partial charge in [0, 0.05) is 42.0 Å². The number of aromatic amines is 1. The number of anilines is 2. The molecular weight excluding hydrogens is 457 g/mol. The van der Waals surface area contributed by atoms with Crippen LogP contribution in [0.3, 0.4) is 0 Å². The van der Waals surface area contributed by atoms with Crippen LogP contribution in [0.4, 0.5) is 15.8 Å². The van der Waals surface area contributed by atoms with Gasteiger partial charge in [0.2, 0.25) is 0 Å². The number of pyridine rings is 3. The van der Waals surface area contributed by atoms with Crippen LogP contribution in [0.25, 0.3) is 33.3 Å². The van der Waals surface area contributed by atoms with Gasteiger partial charge in [-0.3, -0.25) is 24.8 Å². The van der Waals surface area contributed by atoms with Gasteiger partial charge in [0.1, 0.15) is 5.82 Å². The van der Waals surface area contributed by atoms with E-state index in [4.69, 9.17) is 0 Å². The summed E-state index contributed by atoms with van der Waals surface area (Å²) in [6.07, 6.45) is 10.3. The number of nitrogens with zero attached hydrogens (tertiary/aromatic N) is 5. The first-order valence-corrected chi connectivity index (χ1v) is 11.7. The third kappa shape index (κ3) is 4.26. The van der Waals surface area contributed by atoms with Crippen LogP contribution in [-0.4, -0.2) is 44.1 Å². The normalized spacial score (nSPS) is 13.3. The van der Waals surface area contributed by atoms with E-state index in [-0.39, 0.29) is 11.6 Å². The number of rotatable bonds is 5. The Morgan fingerprint density at radius 2 is 1.72 bits per heavy atom. The van der Waals surface area contributed by atoms with Gasteiger partial charge >= 0.3 is 0 Å². The number of aromatic nitrogens is 5. The Morgan fingerprint density at radius 1 is 0.889 bits per heavy atom. The van der Waals surface area contributed by atoms with E-state index in [9.17, 15) is 9.18 Å². The van der Waals surface area contributed by atoms with E-state index in [1.165, 1.54) is 31.3 Å². The van der Waals surface area contributed by atoms with E-state index in [2.05, 4.69) is 41.4 Å². The van der Waals surface area contributed by atoms with Crippen LogP contribution < -0.4 is 10.2 Å². The molecule has 1 aliphatic rings. The van der Waals surface area contributed by atoms with Gasteiger partial charge in [-0.2, -0.15) is 5.10 Å². The van der Waals surface area contributed by atoms with Crippen LogP contribution in [0, 0.1) is 5.82 Å². The number of halogens is 1. The number of H-pyrrole nitrogens is 1. The molecular formula is C27H22FN7O. The molecule has 1 amide bonds. The summed E-state index contributed by atoms with van der Waals surface area (Å²) in [5, 5.41) is 10.7. The molecule has 0 radical (unpaired) electrons. The molecule has 0 saturated carbocycles. The summed E-state index contributed by atoms with van der Waals surface area (Å²) in [6, 6.07) is 12.8. The summed E-state index contributed by atoms with van der Waals surface area (Å²) < 4.78 is 13.5. The zero-order valence-corrected chi connectivity index (χ0v) is 19.3. The number of fused-ring (bicyclic) bond motifs is 1. The van der Waals surface area contributed by atoms with Crippen molar-refractivity contribution in [2.75, 3.05) is 23.3 Å². The van der Waals surface area contributed by atoms with Gasteiger partial charge in [-0.05, 0) is 54.8 Å². The van der Waals surface area contributed by atoms with E-state index in [1.807, 2.05) is 30.6 Å². The van der Waals surface area contributed by atoms with Crippen molar-refractivity contribution in [2.24, 2.45) is 0 Å². The summed E-state index contributed by atoms with van der Waals surface area (Å²) in [7, 11) is 0. The molecule has 36 heavy (non-hydrogen) atoms. The first kappa shape index (κ1) is 21.8. The first-order chi connectivity index (χ1) is 17.6. The summed E-state index contributed by atoms with van der Waals surface area (Å²) in [5.74, 6) is -0.792. The maximum absolute atomic E-state index is 13.5. The number of nitrogens with one attached hydrogen (secondary N) is 2. The highest BCUT2D eigenvalue weighted by atomic mass is 19.1. The molecule has 4 aromatic heterocycles. The zero-order chi connectivity index (χ0) is 24.5. The van der Waals surface area contributed by atoms with E-state index in [1.54, 1.807) is 12.1 Å². The maximum atomic E-state index is 13.5. The molecule has 0 spiro atoms. The van der Waals surface area contributed by atoms with Crippen LogP contribution in [0.15, 0.2) is 73.4 Å². The number of carbonyl (C=O) groups excluding carboxylic acids is 1. The Morgan fingerprint density at radius 3 is 2.53 bits per heavy atom. The van der Waals surface area contributed by atoms with Gasteiger partial charge in [0.25, 0.3) is 5.91 Å². The van der Waals surface area contributed by atoms with Crippen LogP contribution in [0.2, 0.25) is 0 Å². The molecule has 0 unspecified atom stereocenters.